The quantitative estimate of drug-likeness (QED) is 0.0533. The topological polar surface area (TPSA) is 265 Å². The van der Waals surface area contributed by atoms with E-state index in [0.717, 1.165) is 4.90 Å². The van der Waals surface area contributed by atoms with Crippen molar-refractivity contribution in [3.05, 3.63) is 20.9 Å². The molecule has 0 unspecified atom stereocenters. The largest absolute Gasteiger partial charge is 0.330 e. The molecule has 0 rings (SSSR count). The minimum absolute atomic E-state index is 0. The van der Waals surface area contributed by atoms with Crippen LogP contribution in [0.4, 0.5) is 0 Å². The summed E-state index contributed by atoms with van der Waals surface area (Å²) in [5, 5.41) is 6.95. The third-order valence-corrected chi connectivity index (χ3v) is 6.80. The third kappa shape index (κ3) is 13.1. The fraction of sp³-hybridized carbons (Fsp3) is 0.875. The van der Waals surface area contributed by atoms with E-state index in [1.807, 2.05) is 0 Å². The van der Waals surface area contributed by atoms with Gasteiger partial charge in [0.15, 0.2) is 11.3 Å². The fourth-order valence-corrected chi connectivity index (χ4v) is 4.50. The van der Waals surface area contributed by atoms with Crippen molar-refractivity contribution in [3.63, 3.8) is 0 Å². The zero-order valence-electron chi connectivity index (χ0n) is 19.0. The van der Waals surface area contributed by atoms with Crippen molar-refractivity contribution in [2.75, 3.05) is 37.7 Å². The molecule has 10 N–H and O–H groups in total. The molecule has 14 nitrogen and oxygen atoms in total. The van der Waals surface area contributed by atoms with Gasteiger partial charge < -0.3 is 28.7 Å². The van der Waals surface area contributed by atoms with Crippen LogP contribution in [0, 0.1) is 0 Å². The Kier molecular flexibility index (Phi) is 23.3. The molecule has 0 heterocycles. The normalized spacial score (nSPS) is 13.6. The van der Waals surface area contributed by atoms with E-state index in [1.165, 1.54) is 21.6 Å². The van der Waals surface area contributed by atoms with E-state index < -0.39 is 23.1 Å². The smallest absolute Gasteiger partial charge is 0.255 e. The maximum absolute atomic E-state index is 13.3. The summed E-state index contributed by atoms with van der Waals surface area (Å²) in [4.78, 5) is 32.9. The summed E-state index contributed by atoms with van der Waals surface area (Å²) in [6.45, 7) is 1.13. The van der Waals surface area contributed by atoms with Gasteiger partial charge in [0.1, 0.15) is 0 Å². The van der Waals surface area contributed by atoms with E-state index in [2.05, 4.69) is 20.1 Å². The molecule has 0 saturated heterocycles. The molecular weight excluding hydrogens is 527 g/mol. The van der Waals surface area contributed by atoms with Crippen molar-refractivity contribution in [1.29, 1.82) is 0 Å². The highest BCUT2D eigenvalue weighted by Crippen LogP contribution is 2.25. The first-order valence-corrected chi connectivity index (χ1v) is 12.7. The number of rotatable bonds is 18. The molecule has 0 aliphatic heterocycles. The summed E-state index contributed by atoms with van der Waals surface area (Å²) >= 11 is 0. The molecular formula is C16H36Cl2N12O2S2. The lowest BCUT2D eigenvalue weighted by Gasteiger charge is -2.34. The van der Waals surface area contributed by atoms with Gasteiger partial charge in [0.25, 0.3) is 11.8 Å². The minimum atomic E-state index is -2.01. The molecule has 0 fully saturated rings. The standard InChI is InChI=1S/C16H34N12O2S2.2ClH/c17-7-3-1-5-15(20,24-26-22)13(29)28(10-12-32-31-11-9-19)14(30)16(21,25-27-23)6-2-4-8-18;;/h1-12,17-21H2;2*1H/t15-,16-;;/m1../s1. The van der Waals surface area contributed by atoms with Gasteiger partial charge in [-0.3, -0.25) is 14.5 Å². The van der Waals surface area contributed by atoms with Gasteiger partial charge in [-0.15, -0.1) is 24.8 Å². The lowest BCUT2D eigenvalue weighted by molar-refractivity contribution is -0.151. The van der Waals surface area contributed by atoms with Crippen molar-refractivity contribution < 1.29 is 9.59 Å². The zero-order valence-corrected chi connectivity index (χ0v) is 22.2. The molecule has 0 aliphatic carbocycles. The average Bonchev–Trinajstić information content (AvgIpc) is 2.76. The van der Waals surface area contributed by atoms with Crippen molar-refractivity contribution in [1.82, 2.24) is 4.90 Å². The molecule has 0 saturated carbocycles. The first-order chi connectivity index (χ1) is 15.3. The van der Waals surface area contributed by atoms with Crippen LogP contribution in [0.5, 0.6) is 0 Å². The van der Waals surface area contributed by atoms with Crippen LogP contribution in [0.1, 0.15) is 38.5 Å². The molecule has 0 aromatic heterocycles. The molecule has 0 aromatic carbocycles. The number of nitrogens with two attached hydrogens (primary N) is 5. The summed E-state index contributed by atoms with van der Waals surface area (Å²) < 4.78 is 0. The van der Waals surface area contributed by atoms with Crippen LogP contribution in [0.2, 0.25) is 0 Å². The van der Waals surface area contributed by atoms with E-state index in [0.29, 0.717) is 56.8 Å². The second kappa shape index (κ2) is 21.1. The Morgan fingerprint density at radius 2 is 1.18 bits per heavy atom. The Bertz CT molecular complexity index is 647. The summed E-state index contributed by atoms with van der Waals surface area (Å²) in [6.07, 6.45) is 1.87. The highest BCUT2D eigenvalue weighted by molar-refractivity contribution is 8.76. The number of imide groups is 1. The molecule has 18 heteroatoms. The maximum atomic E-state index is 13.3. The van der Waals surface area contributed by atoms with Crippen LogP contribution in [-0.4, -0.2) is 65.7 Å². The lowest BCUT2D eigenvalue weighted by atomic mass is 9.99. The summed E-state index contributed by atoms with van der Waals surface area (Å²) in [5.41, 5.74) is 42.6. The van der Waals surface area contributed by atoms with E-state index >= 15 is 0 Å². The number of unbranched alkanes of at least 4 members (excludes halogenated alkanes) is 2. The van der Waals surface area contributed by atoms with Crippen molar-refractivity contribution in [3.8, 4) is 0 Å². The Hall–Kier alpha value is -1.16. The second-order valence-electron chi connectivity index (χ2n) is 6.91. The number of carbonyl (C=O) groups excluding carboxylic acids is 2. The number of amides is 2. The fourth-order valence-electron chi connectivity index (χ4n) is 2.69. The van der Waals surface area contributed by atoms with Crippen LogP contribution in [-0.2, 0) is 9.59 Å². The van der Waals surface area contributed by atoms with E-state index in [-0.39, 0.29) is 44.2 Å². The molecule has 0 aliphatic rings. The average molecular weight is 564 g/mol. The predicted molar refractivity (Wildman–Crippen MR) is 143 cm³/mol. The number of hydrogen-bond acceptors (Lipinski definition) is 11. The van der Waals surface area contributed by atoms with Gasteiger partial charge in [-0.1, -0.05) is 31.8 Å². The predicted octanol–water partition coefficient (Wildman–Crippen LogP) is 1.71. The number of hydrogen-bond donors (Lipinski definition) is 5. The molecule has 0 radical (unpaired) electrons. The summed E-state index contributed by atoms with van der Waals surface area (Å²) in [6, 6.07) is 0. The summed E-state index contributed by atoms with van der Waals surface area (Å²) in [5.74, 6) is -0.803. The molecule has 0 aromatic rings. The maximum Gasteiger partial charge on any atom is 0.255 e. The Morgan fingerprint density at radius 1 is 0.765 bits per heavy atom. The van der Waals surface area contributed by atoms with Crippen molar-refractivity contribution in [2.24, 2.45) is 38.9 Å². The Morgan fingerprint density at radius 3 is 1.53 bits per heavy atom. The van der Waals surface area contributed by atoms with Crippen molar-refractivity contribution >= 4 is 58.2 Å². The number of halogens is 2. The minimum Gasteiger partial charge on any atom is -0.330 e. The zero-order chi connectivity index (χ0) is 24.5. The van der Waals surface area contributed by atoms with Gasteiger partial charge in [-0.25, -0.2) is 0 Å². The van der Waals surface area contributed by atoms with Crippen LogP contribution in [0.3, 0.4) is 0 Å². The molecule has 2 atom stereocenters. The van der Waals surface area contributed by atoms with Gasteiger partial charge in [0.2, 0.25) is 0 Å². The van der Waals surface area contributed by atoms with Gasteiger partial charge in [-0.05, 0) is 62.7 Å². The van der Waals surface area contributed by atoms with Crippen LogP contribution in [0.25, 0.3) is 20.9 Å². The van der Waals surface area contributed by atoms with Gasteiger partial charge in [-0.2, -0.15) is 0 Å². The molecule has 198 valence electrons. The van der Waals surface area contributed by atoms with Crippen molar-refractivity contribution in [2.45, 2.75) is 49.9 Å². The number of nitrogens with zero attached hydrogens (tertiary/aromatic N) is 7. The van der Waals surface area contributed by atoms with Crippen LogP contribution < -0.4 is 28.7 Å². The Labute approximate surface area is 219 Å². The molecule has 2 amide bonds. The van der Waals surface area contributed by atoms with Gasteiger partial charge in [0.05, 0.1) is 0 Å². The number of azide groups is 2. The molecule has 0 bridgehead atoms. The Balaban J connectivity index is -0.00000480. The summed E-state index contributed by atoms with van der Waals surface area (Å²) in [7, 11) is 2.88. The second-order valence-corrected chi connectivity index (χ2v) is 9.62. The number of carbonyl (C=O) groups is 2. The lowest BCUT2D eigenvalue weighted by Crippen LogP contribution is -2.62. The molecule has 34 heavy (non-hydrogen) atoms. The molecule has 0 spiro atoms. The highest BCUT2D eigenvalue weighted by atomic mass is 35.5. The first kappa shape index (κ1) is 37.4. The van der Waals surface area contributed by atoms with E-state index in [4.69, 9.17) is 39.7 Å². The van der Waals surface area contributed by atoms with E-state index in [1.54, 1.807) is 0 Å². The van der Waals surface area contributed by atoms with Crippen LogP contribution >= 0.6 is 46.4 Å². The highest BCUT2D eigenvalue weighted by Gasteiger charge is 2.44. The van der Waals surface area contributed by atoms with Crippen LogP contribution in [0.15, 0.2) is 10.2 Å². The third-order valence-electron chi connectivity index (χ3n) is 4.38. The van der Waals surface area contributed by atoms with Gasteiger partial charge in [0, 0.05) is 34.4 Å². The monoisotopic (exact) mass is 562 g/mol. The first-order valence-electron chi connectivity index (χ1n) is 10.2. The SMILES string of the molecule is Cl.Cl.[N-]=[N+]=N[C@](N)(CCCCN)C(=O)N(CCSSCCN)C(=O)[C@@](N)(CCCCN)N=[N+]=[N-]. The van der Waals surface area contributed by atoms with E-state index in [9.17, 15) is 9.59 Å². The van der Waals surface area contributed by atoms with Gasteiger partial charge >= 0.3 is 0 Å².